The Labute approximate surface area is 268 Å². The largest absolute Gasteiger partial charge is 0.507 e. The van der Waals surface area contributed by atoms with Crippen LogP contribution in [0.2, 0.25) is 0 Å². The quantitative estimate of drug-likeness (QED) is 0.0550. The first kappa shape index (κ1) is 31.6. The number of H-pyrrole nitrogens is 1. The van der Waals surface area contributed by atoms with Gasteiger partial charge in [-0.2, -0.15) is 0 Å². The number of anilines is 2. The Morgan fingerprint density at radius 1 is 0.870 bits per heavy atom. The first-order valence-corrected chi connectivity index (χ1v) is 15.2. The molecule has 1 heterocycles. The van der Waals surface area contributed by atoms with Crippen molar-refractivity contribution in [1.82, 2.24) is 10.3 Å². The lowest BCUT2D eigenvalue weighted by molar-refractivity contribution is -0.116. The van der Waals surface area contributed by atoms with Gasteiger partial charge in [-0.15, -0.1) is 11.8 Å². The van der Waals surface area contributed by atoms with Crippen LogP contribution in [0.3, 0.4) is 0 Å². The normalized spacial score (nSPS) is 11.9. The van der Waals surface area contributed by atoms with Crippen LogP contribution in [0, 0.1) is 0 Å². The number of benzene rings is 4. The fourth-order valence-corrected chi connectivity index (χ4v) is 5.66. The summed E-state index contributed by atoms with van der Waals surface area (Å²) in [5.74, 6) is -3.04. The van der Waals surface area contributed by atoms with E-state index in [0.29, 0.717) is 22.6 Å². The molecule has 10 nitrogen and oxygen atoms in total. The van der Waals surface area contributed by atoms with E-state index in [4.69, 9.17) is 0 Å². The van der Waals surface area contributed by atoms with Crippen LogP contribution in [0.5, 0.6) is 5.75 Å². The molecule has 0 saturated heterocycles. The number of hydrogen-bond donors (Lipinski definition) is 6. The number of fused-ring (bicyclic) bond motifs is 1. The number of carboxylic acid groups (broad SMARTS) is 1. The summed E-state index contributed by atoms with van der Waals surface area (Å²) in [5.41, 5.74) is 2.42. The number of aromatic carboxylic acids is 1. The number of nitrogens with one attached hydrogen (secondary N) is 4. The zero-order valence-corrected chi connectivity index (χ0v) is 25.4. The molecule has 1 unspecified atom stereocenters. The monoisotopic (exact) mass is 634 g/mol. The fraction of sp³-hybridized carbons (Fsp3) is 0.0857. The number of hydrogen-bond acceptors (Lipinski definition) is 6. The predicted molar refractivity (Wildman–Crippen MR) is 179 cm³/mol. The van der Waals surface area contributed by atoms with Crippen molar-refractivity contribution in [3.63, 3.8) is 0 Å². The van der Waals surface area contributed by atoms with Gasteiger partial charge in [-0.25, -0.2) is 4.79 Å². The Balaban J connectivity index is 1.33. The second-order valence-electron chi connectivity index (χ2n) is 10.2. The van der Waals surface area contributed by atoms with Crippen LogP contribution in [0.4, 0.5) is 11.4 Å². The molecule has 0 bridgehead atoms. The van der Waals surface area contributed by atoms with Crippen molar-refractivity contribution in [2.75, 3.05) is 10.6 Å². The topological polar surface area (TPSA) is 161 Å². The molecule has 6 N–H and O–H groups in total. The summed E-state index contributed by atoms with van der Waals surface area (Å²) >= 11 is 1.27. The van der Waals surface area contributed by atoms with Crippen LogP contribution >= 0.6 is 11.8 Å². The van der Waals surface area contributed by atoms with Crippen LogP contribution in [-0.4, -0.2) is 44.1 Å². The lowest BCUT2D eigenvalue weighted by Crippen LogP contribution is -2.30. The third-order valence-electron chi connectivity index (χ3n) is 6.98. The van der Waals surface area contributed by atoms with Gasteiger partial charge in [0.25, 0.3) is 11.8 Å². The molecule has 4 aromatic carbocycles. The van der Waals surface area contributed by atoms with Crippen LogP contribution in [-0.2, 0) is 9.59 Å². The van der Waals surface area contributed by atoms with E-state index in [-0.39, 0.29) is 22.9 Å². The summed E-state index contributed by atoms with van der Waals surface area (Å²) in [5, 5.41) is 27.7. The summed E-state index contributed by atoms with van der Waals surface area (Å²) in [6.45, 7) is 1.85. The fourth-order valence-electron chi connectivity index (χ4n) is 4.65. The molecule has 3 amide bonds. The second kappa shape index (κ2) is 14.3. The van der Waals surface area contributed by atoms with Gasteiger partial charge in [0.1, 0.15) is 17.0 Å². The average molecular weight is 635 g/mol. The van der Waals surface area contributed by atoms with Gasteiger partial charge in [0.2, 0.25) is 5.91 Å². The molecular formula is C35H30N4O6S. The molecule has 0 fully saturated rings. The number of thioether (sulfide) groups is 1. The number of carboxylic acids is 1. The zero-order chi connectivity index (χ0) is 32.6. The number of aromatic amines is 1. The lowest BCUT2D eigenvalue weighted by Gasteiger charge is -2.16. The van der Waals surface area contributed by atoms with Gasteiger partial charge in [-0.3, -0.25) is 14.4 Å². The van der Waals surface area contributed by atoms with Gasteiger partial charge in [0.15, 0.2) is 0 Å². The highest BCUT2D eigenvalue weighted by Crippen LogP contribution is 2.30. The molecule has 11 heteroatoms. The number of carbonyl (C=O) groups is 4. The van der Waals surface area contributed by atoms with E-state index in [1.54, 1.807) is 66.9 Å². The minimum atomic E-state index is -1.31. The molecule has 0 aliphatic rings. The van der Waals surface area contributed by atoms with E-state index in [9.17, 15) is 29.4 Å². The van der Waals surface area contributed by atoms with Gasteiger partial charge in [0.05, 0.1) is 5.25 Å². The van der Waals surface area contributed by atoms with E-state index in [0.717, 1.165) is 16.5 Å². The van der Waals surface area contributed by atoms with Crippen molar-refractivity contribution in [3.8, 4) is 5.75 Å². The number of aromatic nitrogens is 1. The molecule has 5 aromatic rings. The first-order chi connectivity index (χ1) is 22.2. The highest BCUT2D eigenvalue weighted by atomic mass is 32.2. The van der Waals surface area contributed by atoms with Gasteiger partial charge in [-0.05, 0) is 67.1 Å². The average Bonchev–Trinajstić information content (AvgIpc) is 3.47. The predicted octanol–water partition coefficient (Wildman–Crippen LogP) is 6.49. The molecule has 0 saturated carbocycles. The Hall–Kier alpha value is -5.81. The lowest BCUT2D eigenvalue weighted by atomic mass is 10.1. The van der Waals surface area contributed by atoms with Crippen molar-refractivity contribution in [1.29, 1.82) is 0 Å². The van der Waals surface area contributed by atoms with Crippen molar-refractivity contribution in [2.24, 2.45) is 0 Å². The molecule has 5 rings (SSSR count). The number of amides is 3. The molecule has 1 aromatic heterocycles. The second-order valence-corrected chi connectivity index (χ2v) is 11.5. The minimum Gasteiger partial charge on any atom is -0.507 e. The first-order valence-electron chi connectivity index (χ1n) is 14.3. The van der Waals surface area contributed by atoms with Crippen LogP contribution in [0.15, 0.2) is 114 Å². The summed E-state index contributed by atoms with van der Waals surface area (Å²) < 4.78 is 0. The zero-order valence-electron chi connectivity index (χ0n) is 24.6. The maximum atomic E-state index is 13.6. The van der Waals surface area contributed by atoms with Crippen LogP contribution < -0.4 is 16.0 Å². The van der Waals surface area contributed by atoms with E-state index in [1.807, 2.05) is 31.2 Å². The number of para-hydroxylation sites is 1. The Kier molecular flexibility index (Phi) is 9.84. The summed E-state index contributed by atoms with van der Waals surface area (Å²) in [6, 6.07) is 27.0. The SMILES string of the molecule is CCC(Sc1cccc(NC(=O)/C(=C/c2c[nH]c3ccccc23)NC(=O)c2ccccc2)c1)C(=O)Nc1ccc(O)c(C(=O)O)c1. The molecule has 46 heavy (non-hydrogen) atoms. The highest BCUT2D eigenvalue weighted by Gasteiger charge is 2.21. The minimum absolute atomic E-state index is 0.0390. The Morgan fingerprint density at radius 3 is 2.37 bits per heavy atom. The Morgan fingerprint density at radius 2 is 1.61 bits per heavy atom. The van der Waals surface area contributed by atoms with Gasteiger partial charge in [-0.1, -0.05) is 49.4 Å². The van der Waals surface area contributed by atoms with Crippen LogP contribution in [0.25, 0.3) is 17.0 Å². The van der Waals surface area contributed by atoms with Crippen molar-refractivity contribution < 1.29 is 29.4 Å². The van der Waals surface area contributed by atoms with Gasteiger partial charge in [0, 0.05) is 44.5 Å². The highest BCUT2D eigenvalue weighted by molar-refractivity contribution is 8.00. The maximum Gasteiger partial charge on any atom is 0.339 e. The van der Waals surface area contributed by atoms with Crippen LogP contribution in [0.1, 0.15) is 39.6 Å². The molecule has 0 aliphatic carbocycles. The number of aromatic hydroxyl groups is 1. The third kappa shape index (κ3) is 7.63. The van der Waals surface area contributed by atoms with Crippen molar-refractivity contribution >= 4 is 63.8 Å². The summed E-state index contributed by atoms with van der Waals surface area (Å²) in [6.07, 6.45) is 3.84. The van der Waals surface area contributed by atoms with Crippen molar-refractivity contribution in [2.45, 2.75) is 23.5 Å². The van der Waals surface area contributed by atoms with Gasteiger partial charge < -0.3 is 31.1 Å². The van der Waals surface area contributed by atoms with Crippen molar-refractivity contribution in [3.05, 3.63) is 126 Å². The smallest absolute Gasteiger partial charge is 0.339 e. The maximum absolute atomic E-state index is 13.6. The third-order valence-corrected chi connectivity index (χ3v) is 8.34. The molecule has 0 radical (unpaired) electrons. The molecule has 0 spiro atoms. The molecular weight excluding hydrogens is 604 g/mol. The number of rotatable bonds is 11. The molecule has 0 aliphatic heterocycles. The molecule has 232 valence electrons. The summed E-state index contributed by atoms with van der Waals surface area (Å²) in [7, 11) is 0. The van der Waals surface area contributed by atoms with E-state index < -0.39 is 28.8 Å². The van der Waals surface area contributed by atoms with E-state index >= 15 is 0 Å². The molecule has 1 atom stereocenters. The number of carbonyl (C=O) groups excluding carboxylic acids is 3. The van der Waals surface area contributed by atoms with E-state index in [2.05, 4.69) is 20.9 Å². The standard InChI is InChI=1S/C35H30N4O6S/c1-2-31(34(43)38-24-15-16-30(40)27(19-24)35(44)45)46-25-12-8-11-23(18-25)37-33(42)29(39-32(41)21-9-4-3-5-10-21)17-22-20-36-28-14-7-6-13-26(22)28/h3-20,31,36,40H,2H2,1H3,(H,37,42)(H,38,43)(H,39,41)(H,44,45)/b29-17-. The Bertz CT molecular complexity index is 1950. The van der Waals surface area contributed by atoms with Gasteiger partial charge >= 0.3 is 5.97 Å². The number of phenols is 1. The van der Waals surface area contributed by atoms with E-state index in [1.165, 1.54) is 30.0 Å². The summed E-state index contributed by atoms with van der Waals surface area (Å²) in [4.78, 5) is 55.0.